The predicted octanol–water partition coefficient (Wildman–Crippen LogP) is 2.12. The molecular formula is C14H17N3O. The summed E-state index contributed by atoms with van der Waals surface area (Å²) in [5.41, 5.74) is 8.21. The van der Waals surface area contributed by atoms with Gasteiger partial charge in [0, 0.05) is 18.6 Å². The summed E-state index contributed by atoms with van der Waals surface area (Å²) in [6.45, 7) is 0. The number of pyridine rings is 2. The maximum absolute atomic E-state index is 6.16. The molecule has 94 valence electrons. The average Bonchev–Trinajstić information content (AvgIpc) is 2.45. The third-order valence-electron chi connectivity index (χ3n) is 2.86. The van der Waals surface area contributed by atoms with Crippen molar-refractivity contribution in [1.82, 2.24) is 9.97 Å². The Morgan fingerprint density at radius 2 is 2.00 bits per heavy atom. The summed E-state index contributed by atoms with van der Waals surface area (Å²) in [5, 5.41) is 0. The van der Waals surface area contributed by atoms with Gasteiger partial charge in [-0.2, -0.15) is 0 Å². The van der Waals surface area contributed by atoms with Crippen molar-refractivity contribution in [3.05, 3.63) is 54.1 Å². The Morgan fingerprint density at radius 3 is 2.72 bits per heavy atom. The minimum absolute atomic E-state index is 0.116. The fourth-order valence-electron chi connectivity index (χ4n) is 1.86. The molecule has 2 rings (SSSR count). The number of rotatable bonds is 5. The highest BCUT2D eigenvalue weighted by molar-refractivity contribution is 5.29. The van der Waals surface area contributed by atoms with Crippen molar-refractivity contribution in [2.24, 2.45) is 5.73 Å². The van der Waals surface area contributed by atoms with Gasteiger partial charge in [-0.05, 0) is 42.7 Å². The van der Waals surface area contributed by atoms with Crippen molar-refractivity contribution in [3.8, 4) is 5.75 Å². The number of nitrogens with two attached hydrogens (primary N) is 1. The predicted molar refractivity (Wildman–Crippen MR) is 70.3 cm³/mol. The van der Waals surface area contributed by atoms with Gasteiger partial charge in [0.25, 0.3) is 0 Å². The number of aromatic nitrogens is 2. The molecule has 4 heteroatoms. The first-order chi connectivity index (χ1) is 8.81. The summed E-state index contributed by atoms with van der Waals surface area (Å²) >= 11 is 0. The van der Waals surface area contributed by atoms with Crippen LogP contribution in [0.4, 0.5) is 0 Å². The molecule has 0 aliphatic carbocycles. The lowest BCUT2D eigenvalue weighted by Crippen LogP contribution is -2.14. The molecule has 4 nitrogen and oxygen atoms in total. The first-order valence-corrected chi connectivity index (χ1v) is 5.94. The zero-order valence-electron chi connectivity index (χ0n) is 10.4. The highest BCUT2D eigenvalue weighted by Gasteiger charge is 2.12. The molecule has 1 unspecified atom stereocenters. The molecule has 0 saturated heterocycles. The van der Waals surface area contributed by atoms with Gasteiger partial charge in [-0.25, -0.2) is 0 Å². The molecule has 0 aliphatic rings. The Balaban J connectivity index is 2.01. The van der Waals surface area contributed by atoms with E-state index in [0.717, 1.165) is 24.3 Å². The largest absolute Gasteiger partial charge is 0.495 e. The molecule has 0 radical (unpaired) electrons. The van der Waals surface area contributed by atoms with Crippen LogP contribution in [0.5, 0.6) is 5.75 Å². The lowest BCUT2D eigenvalue weighted by atomic mass is 10.0. The second-order valence-corrected chi connectivity index (χ2v) is 4.09. The van der Waals surface area contributed by atoms with E-state index >= 15 is 0 Å². The van der Waals surface area contributed by atoms with Gasteiger partial charge in [0.05, 0.1) is 18.8 Å². The van der Waals surface area contributed by atoms with E-state index in [1.54, 1.807) is 25.7 Å². The molecule has 0 bridgehead atoms. The van der Waals surface area contributed by atoms with Gasteiger partial charge in [-0.15, -0.1) is 0 Å². The van der Waals surface area contributed by atoms with Crippen LogP contribution in [-0.2, 0) is 6.42 Å². The fraction of sp³-hybridized carbons (Fsp3) is 0.286. The zero-order valence-corrected chi connectivity index (χ0v) is 10.4. The number of methoxy groups -OCH3 is 1. The van der Waals surface area contributed by atoms with E-state index in [1.165, 1.54) is 5.56 Å². The number of aryl methyl sites for hydroxylation is 1. The topological polar surface area (TPSA) is 61.0 Å². The molecule has 2 heterocycles. The monoisotopic (exact) mass is 243 g/mol. The van der Waals surface area contributed by atoms with Crippen LogP contribution in [0.25, 0.3) is 0 Å². The average molecular weight is 243 g/mol. The van der Waals surface area contributed by atoms with Crippen LogP contribution in [-0.4, -0.2) is 17.1 Å². The van der Waals surface area contributed by atoms with Crippen LogP contribution in [0.3, 0.4) is 0 Å². The van der Waals surface area contributed by atoms with Gasteiger partial charge in [-0.3, -0.25) is 9.97 Å². The molecule has 0 amide bonds. The quantitative estimate of drug-likeness (QED) is 0.873. The van der Waals surface area contributed by atoms with Crippen molar-refractivity contribution < 1.29 is 4.74 Å². The van der Waals surface area contributed by atoms with E-state index in [1.807, 2.05) is 24.3 Å². The SMILES string of the molecule is COc1cccnc1C(N)CCc1ccncc1. The smallest absolute Gasteiger partial charge is 0.141 e. The van der Waals surface area contributed by atoms with Gasteiger partial charge in [0.2, 0.25) is 0 Å². The lowest BCUT2D eigenvalue weighted by Gasteiger charge is -2.14. The summed E-state index contributed by atoms with van der Waals surface area (Å²) in [5.74, 6) is 0.750. The molecule has 0 fully saturated rings. The Bertz CT molecular complexity index is 487. The molecule has 0 aromatic carbocycles. The first-order valence-electron chi connectivity index (χ1n) is 5.94. The van der Waals surface area contributed by atoms with E-state index in [0.29, 0.717) is 0 Å². The molecule has 2 aromatic heterocycles. The molecule has 2 aromatic rings. The number of ether oxygens (including phenoxy) is 1. The summed E-state index contributed by atoms with van der Waals surface area (Å²) in [6, 6.07) is 7.62. The Labute approximate surface area is 107 Å². The van der Waals surface area contributed by atoms with Gasteiger partial charge in [0.1, 0.15) is 5.75 Å². The van der Waals surface area contributed by atoms with Crippen molar-refractivity contribution >= 4 is 0 Å². The van der Waals surface area contributed by atoms with Crippen molar-refractivity contribution in [3.63, 3.8) is 0 Å². The van der Waals surface area contributed by atoms with Crippen molar-refractivity contribution in [1.29, 1.82) is 0 Å². The Hall–Kier alpha value is -1.94. The second kappa shape index (κ2) is 6.12. The normalized spacial score (nSPS) is 12.1. The van der Waals surface area contributed by atoms with E-state index in [4.69, 9.17) is 10.5 Å². The maximum Gasteiger partial charge on any atom is 0.141 e. The highest BCUT2D eigenvalue weighted by atomic mass is 16.5. The molecule has 1 atom stereocenters. The first kappa shape index (κ1) is 12.5. The van der Waals surface area contributed by atoms with Gasteiger partial charge in [0.15, 0.2) is 0 Å². The Morgan fingerprint density at radius 1 is 1.22 bits per heavy atom. The van der Waals surface area contributed by atoms with E-state index < -0.39 is 0 Å². The van der Waals surface area contributed by atoms with Crippen LogP contribution in [0.15, 0.2) is 42.9 Å². The zero-order chi connectivity index (χ0) is 12.8. The summed E-state index contributed by atoms with van der Waals surface area (Å²) in [7, 11) is 1.64. The minimum Gasteiger partial charge on any atom is -0.495 e. The Kier molecular flexibility index (Phi) is 4.25. The van der Waals surface area contributed by atoms with Crippen LogP contribution < -0.4 is 10.5 Å². The van der Waals surface area contributed by atoms with E-state index in [-0.39, 0.29) is 6.04 Å². The van der Waals surface area contributed by atoms with Crippen LogP contribution in [0.2, 0.25) is 0 Å². The van der Waals surface area contributed by atoms with Gasteiger partial charge >= 0.3 is 0 Å². The number of nitrogens with zero attached hydrogens (tertiary/aromatic N) is 2. The fourth-order valence-corrected chi connectivity index (χ4v) is 1.86. The third kappa shape index (κ3) is 3.05. The minimum atomic E-state index is -0.116. The molecule has 2 N–H and O–H groups in total. The van der Waals surface area contributed by atoms with E-state index in [2.05, 4.69) is 9.97 Å². The van der Waals surface area contributed by atoms with Gasteiger partial charge < -0.3 is 10.5 Å². The summed E-state index contributed by atoms with van der Waals surface area (Å²) < 4.78 is 5.27. The molecular weight excluding hydrogens is 226 g/mol. The summed E-state index contributed by atoms with van der Waals surface area (Å²) in [6.07, 6.45) is 7.06. The molecule has 0 aliphatic heterocycles. The lowest BCUT2D eigenvalue weighted by molar-refractivity contribution is 0.400. The number of hydrogen-bond donors (Lipinski definition) is 1. The second-order valence-electron chi connectivity index (χ2n) is 4.09. The standard InChI is InChI=1S/C14H17N3O/c1-18-13-3-2-8-17-14(13)12(15)5-4-11-6-9-16-10-7-11/h2-3,6-10,12H,4-5,15H2,1H3. The van der Waals surface area contributed by atoms with Crippen LogP contribution in [0.1, 0.15) is 23.7 Å². The van der Waals surface area contributed by atoms with E-state index in [9.17, 15) is 0 Å². The molecule has 0 saturated carbocycles. The molecule has 18 heavy (non-hydrogen) atoms. The maximum atomic E-state index is 6.16. The third-order valence-corrected chi connectivity index (χ3v) is 2.86. The highest BCUT2D eigenvalue weighted by Crippen LogP contribution is 2.23. The molecule has 0 spiro atoms. The number of hydrogen-bond acceptors (Lipinski definition) is 4. The van der Waals surface area contributed by atoms with Gasteiger partial charge in [-0.1, -0.05) is 0 Å². The summed E-state index contributed by atoms with van der Waals surface area (Å²) in [4.78, 5) is 8.29. The van der Waals surface area contributed by atoms with Crippen molar-refractivity contribution in [2.75, 3.05) is 7.11 Å². The van der Waals surface area contributed by atoms with Crippen molar-refractivity contribution in [2.45, 2.75) is 18.9 Å². The van der Waals surface area contributed by atoms with Crippen LogP contribution in [0, 0.1) is 0 Å². The van der Waals surface area contributed by atoms with Crippen LogP contribution >= 0.6 is 0 Å².